The maximum Gasteiger partial charge on any atom is 0.228 e. The van der Waals surface area contributed by atoms with Gasteiger partial charge in [-0.2, -0.15) is 0 Å². The lowest BCUT2D eigenvalue weighted by Crippen LogP contribution is -2.12. The van der Waals surface area contributed by atoms with E-state index in [2.05, 4.69) is 23.6 Å². The number of hydrogen-bond acceptors (Lipinski definition) is 2. The van der Waals surface area contributed by atoms with Gasteiger partial charge in [0, 0.05) is 11.7 Å². The molecule has 0 bridgehead atoms. The van der Waals surface area contributed by atoms with E-state index in [1.54, 1.807) is 0 Å². The van der Waals surface area contributed by atoms with Gasteiger partial charge in [0.25, 0.3) is 0 Å². The van der Waals surface area contributed by atoms with Crippen LogP contribution in [0.1, 0.15) is 24.1 Å². The van der Waals surface area contributed by atoms with E-state index >= 15 is 0 Å². The second-order valence-electron chi connectivity index (χ2n) is 3.65. The number of rotatable bonds is 2. The van der Waals surface area contributed by atoms with Crippen LogP contribution >= 0.6 is 0 Å². The van der Waals surface area contributed by atoms with Crippen molar-refractivity contribution >= 4 is 11.6 Å². The van der Waals surface area contributed by atoms with Crippen molar-refractivity contribution in [2.75, 3.05) is 12.4 Å². The monoisotopic (exact) mass is 190 g/mol. The van der Waals surface area contributed by atoms with Gasteiger partial charge < -0.3 is 10.6 Å². The first-order valence-electron chi connectivity index (χ1n) is 4.80. The van der Waals surface area contributed by atoms with Crippen LogP contribution in [0.2, 0.25) is 0 Å². The molecule has 0 radical (unpaired) electrons. The molecule has 0 aliphatic carbocycles. The fourth-order valence-electron chi connectivity index (χ4n) is 1.69. The molecule has 1 unspecified atom stereocenters. The Bertz CT molecular complexity index is 374. The van der Waals surface area contributed by atoms with Gasteiger partial charge in [0.05, 0.1) is 6.42 Å². The lowest BCUT2D eigenvalue weighted by atomic mass is 10.0. The topological polar surface area (TPSA) is 41.1 Å². The van der Waals surface area contributed by atoms with Crippen LogP contribution in [-0.4, -0.2) is 13.0 Å². The summed E-state index contributed by atoms with van der Waals surface area (Å²) >= 11 is 0. The minimum absolute atomic E-state index is 0.0919. The molecule has 0 spiro atoms. The van der Waals surface area contributed by atoms with Crippen molar-refractivity contribution in [2.45, 2.75) is 19.4 Å². The van der Waals surface area contributed by atoms with Crippen molar-refractivity contribution in [2.24, 2.45) is 0 Å². The lowest BCUT2D eigenvalue weighted by molar-refractivity contribution is -0.115. The molecule has 1 aromatic rings. The van der Waals surface area contributed by atoms with Gasteiger partial charge in [0.2, 0.25) is 5.91 Å². The Morgan fingerprint density at radius 2 is 2.29 bits per heavy atom. The second kappa shape index (κ2) is 3.42. The Morgan fingerprint density at radius 3 is 3.00 bits per heavy atom. The summed E-state index contributed by atoms with van der Waals surface area (Å²) in [5.74, 6) is 0.0919. The maximum absolute atomic E-state index is 11.1. The molecule has 1 heterocycles. The molecule has 0 saturated heterocycles. The van der Waals surface area contributed by atoms with Gasteiger partial charge in [-0.1, -0.05) is 12.1 Å². The molecule has 3 heteroatoms. The van der Waals surface area contributed by atoms with E-state index in [0.29, 0.717) is 12.5 Å². The smallest absolute Gasteiger partial charge is 0.228 e. The summed E-state index contributed by atoms with van der Waals surface area (Å²) < 4.78 is 0. The molecule has 74 valence electrons. The van der Waals surface area contributed by atoms with Gasteiger partial charge >= 0.3 is 0 Å². The van der Waals surface area contributed by atoms with E-state index in [0.717, 1.165) is 11.3 Å². The van der Waals surface area contributed by atoms with Gasteiger partial charge in [0.15, 0.2) is 0 Å². The molecular weight excluding hydrogens is 176 g/mol. The Kier molecular flexibility index (Phi) is 2.25. The third-order valence-electron chi connectivity index (χ3n) is 2.69. The summed E-state index contributed by atoms with van der Waals surface area (Å²) in [6.45, 7) is 2.10. The molecule has 0 fully saturated rings. The highest BCUT2D eigenvalue weighted by Gasteiger charge is 2.18. The van der Waals surface area contributed by atoms with Crippen LogP contribution in [0.15, 0.2) is 18.2 Å². The van der Waals surface area contributed by atoms with Crippen molar-refractivity contribution in [1.29, 1.82) is 0 Å². The molecule has 1 aliphatic rings. The fraction of sp³-hybridized carbons (Fsp3) is 0.364. The molecule has 14 heavy (non-hydrogen) atoms. The number of carbonyl (C=O) groups excluding carboxylic acids is 1. The average Bonchev–Trinajstić information content (AvgIpc) is 2.55. The molecule has 2 rings (SSSR count). The number of nitrogens with one attached hydrogen (secondary N) is 2. The minimum atomic E-state index is 0.0919. The first-order chi connectivity index (χ1) is 6.70. The third-order valence-corrected chi connectivity index (χ3v) is 2.69. The summed E-state index contributed by atoms with van der Waals surface area (Å²) in [7, 11) is 1.93. The van der Waals surface area contributed by atoms with Crippen molar-refractivity contribution in [3.05, 3.63) is 29.3 Å². The molecule has 0 saturated carbocycles. The second-order valence-corrected chi connectivity index (χ2v) is 3.65. The van der Waals surface area contributed by atoms with Crippen LogP contribution < -0.4 is 10.6 Å². The predicted molar refractivity (Wildman–Crippen MR) is 56.3 cm³/mol. The van der Waals surface area contributed by atoms with Crippen LogP contribution in [0, 0.1) is 0 Å². The van der Waals surface area contributed by atoms with Crippen LogP contribution in [0.3, 0.4) is 0 Å². The normalized spacial score (nSPS) is 16.3. The summed E-state index contributed by atoms with van der Waals surface area (Å²) in [6.07, 6.45) is 0.513. The molecule has 1 atom stereocenters. The van der Waals surface area contributed by atoms with Gasteiger partial charge in [-0.3, -0.25) is 4.79 Å². The Balaban J connectivity index is 2.32. The first-order valence-corrected chi connectivity index (χ1v) is 4.80. The van der Waals surface area contributed by atoms with Crippen molar-refractivity contribution < 1.29 is 4.79 Å². The molecule has 1 aliphatic heterocycles. The van der Waals surface area contributed by atoms with Gasteiger partial charge in [-0.05, 0) is 31.2 Å². The lowest BCUT2D eigenvalue weighted by Gasteiger charge is -2.11. The van der Waals surface area contributed by atoms with E-state index in [1.807, 2.05) is 19.2 Å². The molecule has 2 N–H and O–H groups in total. The van der Waals surface area contributed by atoms with Crippen LogP contribution in [0.25, 0.3) is 0 Å². The number of fused-ring (bicyclic) bond motifs is 1. The zero-order valence-corrected chi connectivity index (χ0v) is 8.42. The van der Waals surface area contributed by atoms with E-state index in [1.165, 1.54) is 5.56 Å². The number of anilines is 1. The number of hydrogen-bond donors (Lipinski definition) is 2. The van der Waals surface area contributed by atoms with Gasteiger partial charge in [-0.15, -0.1) is 0 Å². The van der Waals surface area contributed by atoms with Crippen molar-refractivity contribution in [1.82, 2.24) is 5.32 Å². The SMILES string of the molecule is CNC(C)c1ccc2c(c1)CC(=O)N2. The molecular formula is C11H14N2O. The highest BCUT2D eigenvalue weighted by atomic mass is 16.1. The highest BCUT2D eigenvalue weighted by Crippen LogP contribution is 2.26. The Morgan fingerprint density at radius 1 is 1.50 bits per heavy atom. The Labute approximate surface area is 83.5 Å². The summed E-state index contributed by atoms with van der Waals surface area (Å²) in [5, 5.41) is 6.00. The number of amides is 1. The van der Waals surface area contributed by atoms with Crippen molar-refractivity contribution in [3.63, 3.8) is 0 Å². The fourth-order valence-corrected chi connectivity index (χ4v) is 1.69. The molecule has 3 nitrogen and oxygen atoms in total. The quantitative estimate of drug-likeness (QED) is 0.741. The summed E-state index contributed by atoms with van der Waals surface area (Å²) in [6, 6.07) is 6.44. The number of carbonyl (C=O) groups is 1. The van der Waals surface area contributed by atoms with Crippen LogP contribution in [0.4, 0.5) is 5.69 Å². The number of benzene rings is 1. The van der Waals surface area contributed by atoms with E-state index < -0.39 is 0 Å². The van der Waals surface area contributed by atoms with Crippen LogP contribution in [-0.2, 0) is 11.2 Å². The zero-order chi connectivity index (χ0) is 10.1. The van der Waals surface area contributed by atoms with Gasteiger partial charge in [0.1, 0.15) is 0 Å². The predicted octanol–water partition coefficient (Wildman–Crippen LogP) is 1.46. The average molecular weight is 190 g/mol. The Hall–Kier alpha value is -1.35. The summed E-state index contributed by atoms with van der Waals surface area (Å²) in [5.41, 5.74) is 3.29. The van der Waals surface area contributed by atoms with E-state index in [9.17, 15) is 4.79 Å². The first kappa shape index (κ1) is 9.21. The van der Waals surface area contributed by atoms with Crippen molar-refractivity contribution in [3.8, 4) is 0 Å². The zero-order valence-electron chi connectivity index (χ0n) is 8.42. The van der Waals surface area contributed by atoms with E-state index in [4.69, 9.17) is 0 Å². The molecule has 0 aromatic heterocycles. The standard InChI is InChI=1S/C11H14N2O/c1-7(12-2)8-3-4-10-9(5-8)6-11(14)13-10/h3-5,7,12H,6H2,1-2H3,(H,13,14). The third kappa shape index (κ3) is 1.51. The maximum atomic E-state index is 11.1. The van der Waals surface area contributed by atoms with Gasteiger partial charge in [-0.25, -0.2) is 0 Å². The summed E-state index contributed by atoms with van der Waals surface area (Å²) in [4.78, 5) is 11.1. The van der Waals surface area contributed by atoms with Crippen LogP contribution in [0.5, 0.6) is 0 Å². The largest absolute Gasteiger partial charge is 0.326 e. The molecule has 1 amide bonds. The van der Waals surface area contributed by atoms with E-state index in [-0.39, 0.29) is 5.91 Å². The minimum Gasteiger partial charge on any atom is -0.326 e. The molecule has 1 aromatic carbocycles. The highest BCUT2D eigenvalue weighted by molar-refractivity contribution is 5.99.